The molecule has 0 unspecified atom stereocenters. The number of hydrogen-bond acceptors (Lipinski definition) is 2. The first-order valence-corrected chi connectivity index (χ1v) is 6.22. The number of hydrogen-bond donors (Lipinski definition) is 2. The zero-order valence-electron chi connectivity index (χ0n) is 10.2. The fourth-order valence-electron chi connectivity index (χ4n) is 2.35. The van der Waals surface area contributed by atoms with Gasteiger partial charge in [0.2, 0.25) is 0 Å². The van der Waals surface area contributed by atoms with Crippen molar-refractivity contribution in [3.05, 3.63) is 29.8 Å². The maximum atomic E-state index is 10.7. The van der Waals surface area contributed by atoms with Crippen molar-refractivity contribution in [1.82, 2.24) is 0 Å². The van der Waals surface area contributed by atoms with Crippen molar-refractivity contribution in [2.24, 2.45) is 5.41 Å². The normalized spacial score (nSPS) is 17.2. The molecule has 0 aromatic heterocycles. The smallest absolute Gasteiger partial charge is 0.335 e. The molecule has 1 aromatic carbocycles. The largest absolute Gasteiger partial charge is 0.478 e. The van der Waals surface area contributed by atoms with Crippen LogP contribution in [0.4, 0.5) is 5.69 Å². The lowest BCUT2D eigenvalue weighted by Crippen LogP contribution is -2.35. The summed E-state index contributed by atoms with van der Waals surface area (Å²) in [5.74, 6) is -0.874. The molecule has 3 heteroatoms. The Morgan fingerprint density at radius 1 is 1.35 bits per heavy atom. The maximum Gasteiger partial charge on any atom is 0.335 e. The van der Waals surface area contributed by atoms with Crippen LogP contribution in [0.2, 0.25) is 0 Å². The number of aromatic carboxylic acids is 1. The average Bonchev–Trinajstić information content (AvgIpc) is 2.29. The van der Waals surface area contributed by atoms with E-state index < -0.39 is 5.97 Å². The predicted octanol–water partition coefficient (Wildman–Crippen LogP) is 3.38. The van der Waals surface area contributed by atoms with Gasteiger partial charge in [0.05, 0.1) is 5.56 Å². The fraction of sp³-hybridized carbons (Fsp3) is 0.500. The maximum absolute atomic E-state index is 10.7. The van der Waals surface area contributed by atoms with Gasteiger partial charge >= 0.3 is 5.97 Å². The summed E-state index contributed by atoms with van der Waals surface area (Å²) in [6.45, 7) is 3.24. The monoisotopic (exact) mass is 233 g/mol. The number of carbonyl (C=O) groups is 1. The van der Waals surface area contributed by atoms with Gasteiger partial charge in [0.15, 0.2) is 0 Å². The van der Waals surface area contributed by atoms with Crippen LogP contribution in [-0.4, -0.2) is 17.6 Å². The van der Waals surface area contributed by atoms with Crippen molar-refractivity contribution in [3.63, 3.8) is 0 Å². The van der Waals surface area contributed by atoms with Crippen LogP contribution in [0.5, 0.6) is 0 Å². The van der Waals surface area contributed by atoms with E-state index >= 15 is 0 Å². The minimum Gasteiger partial charge on any atom is -0.478 e. The van der Waals surface area contributed by atoms with Crippen molar-refractivity contribution in [3.8, 4) is 0 Å². The Bertz CT molecular complexity index is 388. The first-order chi connectivity index (χ1) is 8.15. The lowest BCUT2D eigenvalue weighted by Gasteiger charge is -2.41. The topological polar surface area (TPSA) is 49.3 Å². The van der Waals surface area contributed by atoms with Crippen molar-refractivity contribution in [2.45, 2.75) is 32.6 Å². The highest BCUT2D eigenvalue weighted by molar-refractivity contribution is 5.87. The molecule has 1 aliphatic carbocycles. The molecular weight excluding hydrogens is 214 g/mol. The number of rotatable bonds is 5. The van der Waals surface area contributed by atoms with Gasteiger partial charge in [-0.25, -0.2) is 4.79 Å². The third-order valence-electron chi connectivity index (χ3n) is 3.96. The first-order valence-electron chi connectivity index (χ1n) is 6.22. The lowest BCUT2D eigenvalue weighted by molar-refractivity contribution is 0.0697. The fourth-order valence-corrected chi connectivity index (χ4v) is 2.35. The SMILES string of the molecule is CCC1(CNc2ccc(C(=O)O)cc2)CCC1. The summed E-state index contributed by atoms with van der Waals surface area (Å²) in [5.41, 5.74) is 1.82. The van der Waals surface area contributed by atoms with Gasteiger partial charge in [-0.3, -0.25) is 0 Å². The van der Waals surface area contributed by atoms with Crippen LogP contribution in [0.25, 0.3) is 0 Å². The standard InChI is InChI=1S/C14H19NO2/c1-2-14(8-3-9-14)10-15-12-6-4-11(5-7-12)13(16)17/h4-7,15H,2-3,8-10H2,1H3,(H,16,17). The molecule has 17 heavy (non-hydrogen) atoms. The van der Waals surface area contributed by atoms with Crippen molar-refractivity contribution >= 4 is 11.7 Å². The Morgan fingerprint density at radius 2 is 2.00 bits per heavy atom. The molecule has 2 N–H and O–H groups in total. The van der Waals surface area contributed by atoms with Crippen LogP contribution in [-0.2, 0) is 0 Å². The second kappa shape index (κ2) is 4.78. The van der Waals surface area contributed by atoms with Gasteiger partial charge in [-0.05, 0) is 48.9 Å². The molecule has 0 bridgehead atoms. The predicted molar refractivity (Wildman–Crippen MR) is 68.5 cm³/mol. The van der Waals surface area contributed by atoms with E-state index in [4.69, 9.17) is 5.11 Å². The minimum atomic E-state index is -0.874. The van der Waals surface area contributed by atoms with Crippen molar-refractivity contribution in [2.75, 3.05) is 11.9 Å². The van der Waals surface area contributed by atoms with E-state index in [1.54, 1.807) is 12.1 Å². The van der Waals surface area contributed by atoms with Crippen LogP contribution < -0.4 is 5.32 Å². The Labute approximate surface area is 102 Å². The van der Waals surface area contributed by atoms with E-state index in [1.165, 1.54) is 25.7 Å². The van der Waals surface area contributed by atoms with Crippen LogP contribution in [0.3, 0.4) is 0 Å². The third-order valence-corrected chi connectivity index (χ3v) is 3.96. The number of carboxylic acid groups (broad SMARTS) is 1. The summed E-state index contributed by atoms with van der Waals surface area (Å²) in [4.78, 5) is 10.7. The molecule has 92 valence electrons. The average molecular weight is 233 g/mol. The van der Waals surface area contributed by atoms with Gasteiger partial charge < -0.3 is 10.4 Å². The third kappa shape index (κ3) is 2.60. The van der Waals surface area contributed by atoms with E-state index in [0.29, 0.717) is 11.0 Å². The molecule has 0 amide bonds. The van der Waals surface area contributed by atoms with Gasteiger partial charge in [-0.1, -0.05) is 13.3 Å². The van der Waals surface area contributed by atoms with E-state index in [0.717, 1.165) is 12.2 Å². The Hall–Kier alpha value is -1.51. The van der Waals surface area contributed by atoms with E-state index in [9.17, 15) is 4.79 Å². The summed E-state index contributed by atoms with van der Waals surface area (Å²) in [5, 5.41) is 12.2. The molecule has 0 spiro atoms. The summed E-state index contributed by atoms with van der Waals surface area (Å²) in [7, 11) is 0. The zero-order chi connectivity index (χ0) is 12.3. The quantitative estimate of drug-likeness (QED) is 0.819. The Morgan fingerprint density at radius 3 is 2.41 bits per heavy atom. The van der Waals surface area contributed by atoms with Crippen molar-refractivity contribution < 1.29 is 9.90 Å². The van der Waals surface area contributed by atoms with Gasteiger partial charge in [-0.15, -0.1) is 0 Å². The molecule has 0 saturated heterocycles. The van der Waals surface area contributed by atoms with Crippen LogP contribution in [0.1, 0.15) is 43.0 Å². The number of carboxylic acids is 1. The first kappa shape index (κ1) is 12.0. The molecule has 1 aromatic rings. The number of anilines is 1. The Balaban J connectivity index is 1.93. The molecule has 0 heterocycles. The highest BCUT2D eigenvalue weighted by Gasteiger charge is 2.34. The number of benzene rings is 1. The molecule has 0 aliphatic heterocycles. The molecule has 1 saturated carbocycles. The van der Waals surface area contributed by atoms with Gasteiger partial charge in [0.1, 0.15) is 0 Å². The minimum absolute atomic E-state index is 0.337. The lowest BCUT2D eigenvalue weighted by atomic mass is 9.67. The van der Waals surface area contributed by atoms with Crippen LogP contribution >= 0.6 is 0 Å². The van der Waals surface area contributed by atoms with E-state index in [-0.39, 0.29) is 0 Å². The summed E-state index contributed by atoms with van der Waals surface area (Å²) < 4.78 is 0. The second-order valence-corrected chi connectivity index (χ2v) is 4.94. The second-order valence-electron chi connectivity index (χ2n) is 4.94. The molecule has 0 atom stereocenters. The number of nitrogens with one attached hydrogen (secondary N) is 1. The van der Waals surface area contributed by atoms with Gasteiger partial charge in [-0.2, -0.15) is 0 Å². The van der Waals surface area contributed by atoms with Gasteiger partial charge in [0.25, 0.3) is 0 Å². The van der Waals surface area contributed by atoms with Crippen LogP contribution in [0.15, 0.2) is 24.3 Å². The highest BCUT2D eigenvalue weighted by Crippen LogP contribution is 2.43. The molecular formula is C14H19NO2. The molecule has 1 aliphatic rings. The Kier molecular flexibility index (Phi) is 3.36. The van der Waals surface area contributed by atoms with Gasteiger partial charge in [0, 0.05) is 12.2 Å². The molecule has 1 fully saturated rings. The van der Waals surface area contributed by atoms with Crippen molar-refractivity contribution in [1.29, 1.82) is 0 Å². The van der Waals surface area contributed by atoms with E-state index in [2.05, 4.69) is 12.2 Å². The summed E-state index contributed by atoms with van der Waals surface area (Å²) >= 11 is 0. The van der Waals surface area contributed by atoms with Crippen LogP contribution in [0, 0.1) is 5.41 Å². The molecule has 2 rings (SSSR count). The summed E-state index contributed by atoms with van der Waals surface area (Å²) in [6, 6.07) is 6.96. The highest BCUT2D eigenvalue weighted by atomic mass is 16.4. The van der Waals surface area contributed by atoms with E-state index in [1.807, 2.05) is 12.1 Å². The summed E-state index contributed by atoms with van der Waals surface area (Å²) in [6.07, 6.45) is 5.17. The zero-order valence-corrected chi connectivity index (χ0v) is 10.2. The molecule has 0 radical (unpaired) electrons. The molecule has 3 nitrogen and oxygen atoms in total.